The van der Waals surface area contributed by atoms with Crippen molar-refractivity contribution in [1.82, 2.24) is 4.90 Å². The van der Waals surface area contributed by atoms with Gasteiger partial charge in [0.05, 0.1) is 5.02 Å². The Labute approximate surface area is 117 Å². The second kappa shape index (κ2) is 7.49. The van der Waals surface area contributed by atoms with E-state index in [9.17, 15) is 9.90 Å². The summed E-state index contributed by atoms with van der Waals surface area (Å²) < 4.78 is 0. The van der Waals surface area contributed by atoms with Crippen molar-refractivity contribution in [3.8, 4) is 5.75 Å². The third-order valence-electron chi connectivity index (χ3n) is 2.67. The van der Waals surface area contributed by atoms with E-state index in [0.717, 1.165) is 19.3 Å². The van der Waals surface area contributed by atoms with Gasteiger partial charge in [0.2, 0.25) is 0 Å². The van der Waals surface area contributed by atoms with Crippen LogP contribution in [0.25, 0.3) is 0 Å². The largest absolute Gasteiger partial charge is 0.506 e. The monoisotopic (exact) mass is 289 g/mol. The van der Waals surface area contributed by atoms with Gasteiger partial charge in [0.25, 0.3) is 5.91 Å². The molecular weight excluding hydrogens is 273 g/mol. The van der Waals surface area contributed by atoms with Crippen molar-refractivity contribution in [2.75, 3.05) is 19.5 Å². The van der Waals surface area contributed by atoms with Gasteiger partial charge in [-0.15, -0.1) is 11.6 Å². The number of phenols is 1. The minimum atomic E-state index is -0.0947. The summed E-state index contributed by atoms with van der Waals surface area (Å²) in [6.07, 6.45) is 2.91. The van der Waals surface area contributed by atoms with E-state index < -0.39 is 0 Å². The summed E-state index contributed by atoms with van der Waals surface area (Å²) in [6, 6.07) is 4.48. The van der Waals surface area contributed by atoms with Crippen LogP contribution in [0.4, 0.5) is 0 Å². The van der Waals surface area contributed by atoms with Crippen LogP contribution in [0.3, 0.4) is 0 Å². The number of alkyl halides is 1. The summed E-state index contributed by atoms with van der Waals surface area (Å²) in [5.41, 5.74) is 0.484. The summed E-state index contributed by atoms with van der Waals surface area (Å²) in [5.74, 6) is 0.548. The Hall–Kier alpha value is -0.930. The Morgan fingerprint density at radius 3 is 2.67 bits per heavy atom. The van der Waals surface area contributed by atoms with Gasteiger partial charge in [-0.2, -0.15) is 0 Å². The predicted octanol–water partition coefficient (Wildman–Crippen LogP) is 3.53. The molecule has 1 aromatic rings. The molecule has 0 saturated carbocycles. The first-order chi connectivity index (χ1) is 8.56. The van der Waals surface area contributed by atoms with Gasteiger partial charge in [-0.25, -0.2) is 0 Å². The molecule has 0 aliphatic rings. The maximum Gasteiger partial charge on any atom is 0.253 e. The van der Waals surface area contributed by atoms with Gasteiger partial charge in [-0.05, 0) is 31.0 Å². The number of unbranched alkanes of at least 4 members (excludes halogenated alkanes) is 2. The van der Waals surface area contributed by atoms with Gasteiger partial charge in [0, 0.05) is 25.0 Å². The molecule has 0 radical (unpaired) electrons. The van der Waals surface area contributed by atoms with Gasteiger partial charge in [0.15, 0.2) is 0 Å². The van der Waals surface area contributed by atoms with E-state index in [1.165, 1.54) is 12.1 Å². The SMILES string of the molecule is CN(CCCCCCl)C(=O)c1ccc(O)c(Cl)c1. The number of carbonyl (C=O) groups excluding carboxylic acids is 1. The topological polar surface area (TPSA) is 40.5 Å². The molecule has 5 heteroatoms. The first-order valence-electron chi connectivity index (χ1n) is 5.86. The van der Waals surface area contributed by atoms with Crippen molar-refractivity contribution in [3.05, 3.63) is 28.8 Å². The molecule has 0 spiro atoms. The van der Waals surface area contributed by atoms with E-state index in [2.05, 4.69) is 0 Å². The number of aromatic hydroxyl groups is 1. The highest BCUT2D eigenvalue weighted by Crippen LogP contribution is 2.24. The Morgan fingerprint density at radius 2 is 2.06 bits per heavy atom. The van der Waals surface area contributed by atoms with Crippen LogP contribution in [-0.4, -0.2) is 35.4 Å². The molecule has 0 heterocycles. The molecule has 3 nitrogen and oxygen atoms in total. The molecule has 0 aromatic heterocycles. The zero-order valence-electron chi connectivity index (χ0n) is 10.3. The van der Waals surface area contributed by atoms with Crippen molar-refractivity contribution in [3.63, 3.8) is 0 Å². The molecule has 0 atom stereocenters. The van der Waals surface area contributed by atoms with Crippen LogP contribution >= 0.6 is 23.2 Å². The maximum atomic E-state index is 12.0. The standard InChI is InChI=1S/C13H17Cl2NO2/c1-16(8-4-2-3-7-14)13(18)10-5-6-12(17)11(15)9-10/h5-6,9,17H,2-4,7-8H2,1H3. The molecule has 0 bridgehead atoms. The van der Waals surface area contributed by atoms with Crippen molar-refractivity contribution < 1.29 is 9.90 Å². The van der Waals surface area contributed by atoms with E-state index >= 15 is 0 Å². The van der Waals surface area contributed by atoms with Gasteiger partial charge in [-0.1, -0.05) is 18.0 Å². The number of phenolic OH excluding ortho intramolecular Hbond substituents is 1. The molecule has 0 aliphatic heterocycles. The zero-order chi connectivity index (χ0) is 13.5. The first-order valence-corrected chi connectivity index (χ1v) is 6.77. The average molecular weight is 290 g/mol. The Balaban J connectivity index is 2.54. The molecule has 0 aliphatic carbocycles. The van der Waals surface area contributed by atoms with Crippen LogP contribution < -0.4 is 0 Å². The minimum absolute atomic E-state index is 0.0158. The third kappa shape index (κ3) is 4.39. The molecule has 1 N–H and O–H groups in total. The van der Waals surface area contributed by atoms with Crippen LogP contribution in [0.5, 0.6) is 5.75 Å². The lowest BCUT2D eigenvalue weighted by Gasteiger charge is -2.17. The minimum Gasteiger partial charge on any atom is -0.506 e. The number of hydrogen-bond acceptors (Lipinski definition) is 2. The van der Waals surface area contributed by atoms with Crippen LogP contribution in [0.15, 0.2) is 18.2 Å². The lowest BCUT2D eigenvalue weighted by Crippen LogP contribution is -2.27. The molecule has 0 fully saturated rings. The predicted molar refractivity (Wildman–Crippen MR) is 74.6 cm³/mol. The lowest BCUT2D eigenvalue weighted by molar-refractivity contribution is 0.0792. The number of carbonyl (C=O) groups is 1. The molecule has 1 aromatic carbocycles. The molecule has 18 heavy (non-hydrogen) atoms. The van der Waals surface area contributed by atoms with E-state index in [-0.39, 0.29) is 16.7 Å². The summed E-state index contributed by atoms with van der Waals surface area (Å²) in [7, 11) is 1.75. The second-order valence-electron chi connectivity index (χ2n) is 4.14. The average Bonchev–Trinajstić information content (AvgIpc) is 2.37. The van der Waals surface area contributed by atoms with Gasteiger partial charge in [-0.3, -0.25) is 4.79 Å². The van der Waals surface area contributed by atoms with Gasteiger partial charge >= 0.3 is 0 Å². The van der Waals surface area contributed by atoms with Crippen molar-refractivity contribution >= 4 is 29.1 Å². The van der Waals surface area contributed by atoms with Gasteiger partial charge in [0.1, 0.15) is 5.75 Å². The third-order valence-corrected chi connectivity index (χ3v) is 3.24. The molecule has 1 amide bonds. The number of benzene rings is 1. The molecule has 1 rings (SSSR count). The van der Waals surface area contributed by atoms with E-state index in [1.807, 2.05) is 0 Å². The molecule has 0 saturated heterocycles. The summed E-state index contributed by atoms with van der Waals surface area (Å²) in [5, 5.41) is 9.49. The van der Waals surface area contributed by atoms with Crippen LogP contribution in [0.1, 0.15) is 29.6 Å². The zero-order valence-corrected chi connectivity index (χ0v) is 11.8. The molecule has 0 unspecified atom stereocenters. The summed E-state index contributed by atoms with van der Waals surface area (Å²) >= 11 is 11.4. The highest BCUT2D eigenvalue weighted by Gasteiger charge is 2.12. The maximum absolute atomic E-state index is 12.0. The lowest BCUT2D eigenvalue weighted by atomic mass is 10.2. The van der Waals surface area contributed by atoms with Crippen molar-refractivity contribution in [2.24, 2.45) is 0 Å². The fourth-order valence-corrected chi connectivity index (χ4v) is 1.95. The number of amides is 1. The summed E-state index contributed by atoms with van der Waals surface area (Å²) in [6.45, 7) is 0.689. The normalized spacial score (nSPS) is 10.4. The molecular formula is C13H17Cl2NO2. The Kier molecular flexibility index (Phi) is 6.30. The number of hydrogen-bond donors (Lipinski definition) is 1. The van der Waals surface area contributed by atoms with Crippen molar-refractivity contribution in [2.45, 2.75) is 19.3 Å². The first kappa shape index (κ1) is 15.1. The smallest absolute Gasteiger partial charge is 0.253 e. The molecule has 100 valence electrons. The fourth-order valence-electron chi connectivity index (χ4n) is 1.58. The quantitative estimate of drug-likeness (QED) is 0.643. The Morgan fingerprint density at radius 1 is 1.33 bits per heavy atom. The van der Waals surface area contributed by atoms with E-state index in [4.69, 9.17) is 23.2 Å². The Bertz CT molecular complexity index is 410. The van der Waals surface area contributed by atoms with E-state index in [0.29, 0.717) is 18.0 Å². The highest BCUT2D eigenvalue weighted by atomic mass is 35.5. The summed E-state index contributed by atoms with van der Waals surface area (Å²) in [4.78, 5) is 13.7. The van der Waals surface area contributed by atoms with Crippen LogP contribution in [0, 0.1) is 0 Å². The van der Waals surface area contributed by atoms with E-state index in [1.54, 1.807) is 18.0 Å². The fraction of sp³-hybridized carbons (Fsp3) is 0.462. The van der Waals surface area contributed by atoms with Crippen LogP contribution in [-0.2, 0) is 0 Å². The van der Waals surface area contributed by atoms with Gasteiger partial charge < -0.3 is 10.0 Å². The number of nitrogens with zero attached hydrogens (tertiary/aromatic N) is 1. The number of halogens is 2. The second-order valence-corrected chi connectivity index (χ2v) is 4.93. The number of rotatable bonds is 6. The van der Waals surface area contributed by atoms with Crippen LogP contribution in [0.2, 0.25) is 5.02 Å². The van der Waals surface area contributed by atoms with Crippen molar-refractivity contribution in [1.29, 1.82) is 0 Å². The highest BCUT2D eigenvalue weighted by molar-refractivity contribution is 6.32.